The molecular weight excluding hydrogens is 324 g/mol. The maximum Gasteiger partial charge on any atom is 0.338 e. The molecule has 0 aliphatic rings. The Kier molecular flexibility index (Phi) is 6.35. The summed E-state index contributed by atoms with van der Waals surface area (Å²) < 4.78 is 15.7. The second-order valence-electron chi connectivity index (χ2n) is 7.66. The number of carbonyl (C=O) groups excluding carboxylic acids is 3. The van der Waals surface area contributed by atoms with Crippen LogP contribution < -0.4 is 9.47 Å². The van der Waals surface area contributed by atoms with E-state index in [0.29, 0.717) is 0 Å². The molecule has 0 radical (unpaired) electrons. The van der Waals surface area contributed by atoms with Crippen molar-refractivity contribution in [3.05, 3.63) is 23.8 Å². The summed E-state index contributed by atoms with van der Waals surface area (Å²) in [5, 5.41) is 0. The Morgan fingerprint density at radius 2 is 1.32 bits per heavy atom. The first-order chi connectivity index (χ1) is 11.4. The van der Waals surface area contributed by atoms with Gasteiger partial charge in [0.25, 0.3) is 0 Å². The van der Waals surface area contributed by atoms with Crippen LogP contribution in [0, 0.1) is 10.8 Å². The lowest BCUT2D eigenvalue weighted by atomic mass is 9.97. The molecule has 6 nitrogen and oxygen atoms in total. The third-order valence-corrected chi connectivity index (χ3v) is 3.08. The zero-order valence-corrected chi connectivity index (χ0v) is 15.9. The van der Waals surface area contributed by atoms with E-state index in [1.54, 1.807) is 48.5 Å². The Morgan fingerprint density at radius 3 is 1.76 bits per heavy atom. The number of ether oxygens (including phenoxy) is 3. The quantitative estimate of drug-likeness (QED) is 0.607. The molecule has 0 fully saturated rings. The topological polar surface area (TPSA) is 78.9 Å². The number of rotatable bonds is 4. The zero-order chi connectivity index (χ0) is 19.4. The summed E-state index contributed by atoms with van der Waals surface area (Å²) >= 11 is 0. The Balaban J connectivity index is 3.24. The lowest BCUT2D eigenvalue weighted by molar-refractivity contribution is -0.145. The molecule has 0 heterocycles. The van der Waals surface area contributed by atoms with E-state index in [1.807, 2.05) is 0 Å². The van der Waals surface area contributed by atoms with Crippen molar-refractivity contribution < 1.29 is 28.6 Å². The van der Waals surface area contributed by atoms with Gasteiger partial charge in [-0.1, -0.05) is 0 Å². The fraction of sp³-hybridized carbons (Fsp3) is 0.526. The average molecular weight is 350 g/mol. The van der Waals surface area contributed by atoms with Gasteiger partial charge in [0.2, 0.25) is 0 Å². The van der Waals surface area contributed by atoms with Gasteiger partial charge in [0.05, 0.1) is 23.0 Å². The SMILES string of the molecule is CCOC(=O)c1ccc(OC(=O)C(C)(C)C)c(OC(=O)C(C)(C)C)c1. The highest BCUT2D eigenvalue weighted by Crippen LogP contribution is 2.32. The maximum atomic E-state index is 12.2. The van der Waals surface area contributed by atoms with Gasteiger partial charge in [0.15, 0.2) is 11.5 Å². The molecule has 0 atom stereocenters. The number of carbonyl (C=O) groups is 3. The maximum absolute atomic E-state index is 12.2. The second kappa shape index (κ2) is 7.68. The minimum absolute atomic E-state index is 0.00285. The summed E-state index contributed by atoms with van der Waals surface area (Å²) in [7, 11) is 0. The summed E-state index contributed by atoms with van der Waals surface area (Å²) in [5.41, 5.74) is -1.29. The molecule has 0 aliphatic heterocycles. The molecule has 0 aliphatic carbocycles. The highest BCUT2D eigenvalue weighted by molar-refractivity contribution is 5.91. The molecule has 25 heavy (non-hydrogen) atoms. The third-order valence-electron chi connectivity index (χ3n) is 3.08. The van der Waals surface area contributed by atoms with E-state index in [0.717, 1.165) is 0 Å². The molecule has 6 heteroatoms. The van der Waals surface area contributed by atoms with Gasteiger partial charge in [-0.3, -0.25) is 9.59 Å². The fourth-order valence-electron chi connectivity index (χ4n) is 1.52. The number of hydrogen-bond acceptors (Lipinski definition) is 6. The summed E-state index contributed by atoms with van der Waals surface area (Å²) in [5.74, 6) is -1.47. The molecule has 0 amide bonds. The van der Waals surface area contributed by atoms with Crippen molar-refractivity contribution in [1.82, 2.24) is 0 Å². The van der Waals surface area contributed by atoms with Gasteiger partial charge in [0.1, 0.15) is 0 Å². The molecule has 0 bridgehead atoms. The first kappa shape index (κ1) is 20.7. The van der Waals surface area contributed by atoms with E-state index in [2.05, 4.69) is 0 Å². The van der Waals surface area contributed by atoms with Gasteiger partial charge in [0, 0.05) is 0 Å². The van der Waals surface area contributed by atoms with Crippen molar-refractivity contribution in [2.75, 3.05) is 6.61 Å². The first-order valence-electron chi connectivity index (χ1n) is 8.12. The lowest BCUT2D eigenvalue weighted by Gasteiger charge is -2.20. The number of hydrogen-bond donors (Lipinski definition) is 0. The Labute approximate surface area is 148 Å². The van der Waals surface area contributed by atoms with Crippen molar-refractivity contribution in [2.24, 2.45) is 10.8 Å². The summed E-state index contributed by atoms with van der Waals surface area (Å²) in [6.07, 6.45) is 0. The molecule has 0 N–H and O–H groups in total. The summed E-state index contributed by atoms with van der Waals surface area (Å²) in [4.78, 5) is 36.2. The zero-order valence-electron chi connectivity index (χ0n) is 15.9. The molecule has 0 saturated carbocycles. The van der Waals surface area contributed by atoms with Crippen LogP contribution in [0.15, 0.2) is 18.2 Å². The van der Waals surface area contributed by atoms with Crippen molar-refractivity contribution in [3.8, 4) is 11.5 Å². The normalized spacial score (nSPS) is 11.6. The van der Waals surface area contributed by atoms with Gasteiger partial charge < -0.3 is 14.2 Å². The molecule has 0 unspecified atom stereocenters. The summed E-state index contributed by atoms with van der Waals surface area (Å²) in [6.45, 7) is 12.1. The van der Waals surface area contributed by atoms with E-state index in [-0.39, 0.29) is 23.7 Å². The predicted octanol–water partition coefficient (Wildman–Crippen LogP) is 3.77. The Hall–Kier alpha value is -2.37. The molecule has 1 rings (SSSR count). The molecule has 1 aromatic carbocycles. The second-order valence-corrected chi connectivity index (χ2v) is 7.66. The van der Waals surface area contributed by atoms with Gasteiger partial charge >= 0.3 is 17.9 Å². The van der Waals surface area contributed by atoms with Crippen LogP contribution in [-0.4, -0.2) is 24.5 Å². The number of esters is 3. The van der Waals surface area contributed by atoms with E-state index in [4.69, 9.17) is 14.2 Å². The van der Waals surface area contributed by atoms with Crippen LogP contribution in [-0.2, 0) is 14.3 Å². The average Bonchev–Trinajstić information content (AvgIpc) is 2.47. The monoisotopic (exact) mass is 350 g/mol. The fourth-order valence-corrected chi connectivity index (χ4v) is 1.52. The van der Waals surface area contributed by atoms with Crippen LogP contribution in [0.2, 0.25) is 0 Å². The van der Waals surface area contributed by atoms with Gasteiger partial charge in [-0.25, -0.2) is 4.79 Å². The van der Waals surface area contributed by atoms with Crippen molar-refractivity contribution in [1.29, 1.82) is 0 Å². The first-order valence-corrected chi connectivity index (χ1v) is 8.12. The van der Waals surface area contributed by atoms with Crippen LogP contribution in [0.4, 0.5) is 0 Å². The Morgan fingerprint density at radius 1 is 0.840 bits per heavy atom. The van der Waals surface area contributed by atoms with Crippen LogP contribution in [0.1, 0.15) is 58.8 Å². The van der Waals surface area contributed by atoms with Crippen LogP contribution >= 0.6 is 0 Å². The molecule has 0 aromatic heterocycles. The standard InChI is InChI=1S/C19H26O6/c1-8-23-15(20)12-9-10-13(24-16(21)18(2,3)4)14(11-12)25-17(22)19(5,6)7/h9-11H,8H2,1-7H3. The van der Waals surface area contributed by atoms with Gasteiger partial charge in [-0.2, -0.15) is 0 Å². The molecule has 0 saturated heterocycles. The highest BCUT2D eigenvalue weighted by atomic mass is 16.6. The largest absolute Gasteiger partial charge is 0.462 e. The molecule has 0 spiro atoms. The van der Waals surface area contributed by atoms with Gasteiger partial charge in [-0.05, 0) is 66.7 Å². The minimum atomic E-state index is -0.759. The van der Waals surface area contributed by atoms with E-state index < -0.39 is 28.7 Å². The van der Waals surface area contributed by atoms with Crippen LogP contribution in [0.3, 0.4) is 0 Å². The third kappa shape index (κ3) is 5.89. The predicted molar refractivity (Wildman–Crippen MR) is 92.6 cm³/mol. The van der Waals surface area contributed by atoms with E-state index in [9.17, 15) is 14.4 Å². The van der Waals surface area contributed by atoms with E-state index >= 15 is 0 Å². The van der Waals surface area contributed by atoms with Crippen molar-refractivity contribution in [3.63, 3.8) is 0 Å². The Bertz CT molecular complexity index is 661. The summed E-state index contributed by atoms with van der Waals surface area (Å²) in [6, 6.07) is 4.21. The van der Waals surface area contributed by atoms with Crippen LogP contribution in [0.25, 0.3) is 0 Å². The van der Waals surface area contributed by atoms with E-state index in [1.165, 1.54) is 18.2 Å². The van der Waals surface area contributed by atoms with Crippen molar-refractivity contribution >= 4 is 17.9 Å². The smallest absolute Gasteiger partial charge is 0.338 e. The lowest BCUT2D eigenvalue weighted by Crippen LogP contribution is -2.28. The van der Waals surface area contributed by atoms with Gasteiger partial charge in [-0.15, -0.1) is 0 Å². The molecule has 1 aromatic rings. The molecular formula is C19H26O6. The molecule has 138 valence electrons. The van der Waals surface area contributed by atoms with Crippen molar-refractivity contribution in [2.45, 2.75) is 48.5 Å². The highest BCUT2D eigenvalue weighted by Gasteiger charge is 2.28. The number of benzene rings is 1. The van der Waals surface area contributed by atoms with Crippen LogP contribution in [0.5, 0.6) is 11.5 Å². The minimum Gasteiger partial charge on any atom is -0.462 e.